The van der Waals surface area contributed by atoms with E-state index in [0.29, 0.717) is 5.54 Å². The molecule has 13 heavy (non-hydrogen) atoms. The van der Waals surface area contributed by atoms with Crippen molar-refractivity contribution >= 4 is 11.8 Å². The summed E-state index contributed by atoms with van der Waals surface area (Å²) in [5.74, 6) is 2.24. The summed E-state index contributed by atoms with van der Waals surface area (Å²) in [5, 5.41) is 4.52. The van der Waals surface area contributed by atoms with Gasteiger partial charge in [0.15, 0.2) is 0 Å². The number of rotatable bonds is 1. The van der Waals surface area contributed by atoms with Crippen molar-refractivity contribution in [3.05, 3.63) is 0 Å². The van der Waals surface area contributed by atoms with Crippen LogP contribution in [0.1, 0.15) is 46.0 Å². The van der Waals surface area contributed by atoms with Gasteiger partial charge in [0.25, 0.3) is 0 Å². The molecule has 1 heterocycles. The van der Waals surface area contributed by atoms with Crippen LogP contribution in [0.25, 0.3) is 0 Å². The molecule has 0 bridgehead atoms. The lowest BCUT2D eigenvalue weighted by Crippen LogP contribution is -2.42. The average Bonchev–Trinajstić information content (AvgIpc) is 2.48. The van der Waals surface area contributed by atoms with E-state index in [1.165, 1.54) is 37.9 Å². The molecule has 2 heteroatoms. The number of thioether (sulfide) groups is 1. The van der Waals surface area contributed by atoms with Crippen LogP contribution in [0.2, 0.25) is 0 Å². The van der Waals surface area contributed by atoms with Crippen molar-refractivity contribution in [2.45, 2.75) is 56.9 Å². The van der Waals surface area contributed by atoms with E-state index in [-0.39, 0.29) is 0 Å². The largest absolute Gasteiger partial charge is 0.299 e. The highest BCUT2D eigenvalue weighted by Crippen LogP contribution is 2.37. The van der Waals surface area contributed by atoms with Gasteiger partial charge < -0.3 is 0 Å². The molecular weight excluding hydrogens is 178 g/mol. The van der Waals surface area contributed by atoms with Crippen molar-refractivity contribution < 1.29 is 0 Å². The molecule has 76 valence electrons. The second-order valence-electron chi connectivity index (χ2n) is 5.16. The van der Waals surface area contributed by atoms with Gasteiger partial charge in [-0.3, -0.25) is 5.32 Å². The van der Waals surface area contributed by atoms with Crippen molar-refractivity contribution in [3.63, 3.8) is 0 Å². The Morgan fingerprint density at radius 1 is 1.15 bits per heavy atom. The molecule has 0 aromatic rings. The first-order chi connectivity index (χ1) is 6.17. The van der Waals surface area contributed by atoms with Gasteiger partial charge in [0.1, 0.15) is 0 Å². The highest BCUT2D eigenvalue weighted by molar-refractivity contribution is 8.00. The highest BCUT2D eigenvalue weighted by atomic mass is 32.2. The van der Waals surface area contributed by atoms with Gasteiger partial charge in [-0.2, -0.15) is 0 Å². The Kier molecular flexibility index (Phi) is 2.89. The first kappa shape index (κ1) is 9.85. The van der Waals surface area contributed by atoms with E-state index < -0.39 is 0 Å². The molecule has 1 atom stereocenters. The lowest BCUT2D eigenvalue weighted by molar-refractivity contribution is 0.300. The van der Waals surface area contributed by atoms with E-state index in [0.717, 1.165) is 11.3 Å². The van der Waals surface area contributed by atoms with Gasteiger partial charge in [0.2, 0.25) is 0 Å². The minimum atomic E-state index is 0.382. The Bertz CT molecular complexity index is 173. The van der Waals surface area contributed by atoms with Gasteiger partial charge in [0, 0.05) is 11.3 Å². The average molecular weight is 199 g/mol. The first-order valence-electron chi connectivity index (χ1n) is 5.57. The Hall–Kier alpha value is 0.310. The SMILES string of the molecule is CC1(C)CSC(C2CCCCC2)N1. The van der Waals surface area contributed by atoms with E-state index in [9.17, 15) is 0 Å². The van der Waals surface area contributed by atoms with Crippen molar-refractivity contribution in [1.82, 2.24) is 5.32 Å². The summed E-state index contributed by atoms with van der Waals surface area (Å²) < 4.78 is 0. The fourth-order valence-corrected chi connectivity index (χ4v) is 4.08. The molecule has 2 aliphatic rings. The van der Waals surface area contributed by atoms with Gasteiger partial charge in [0.05, 0.1) is 5.37 Å². The standard InChI is InChI=1S/C11H21NS/c1-11(2)8-13-10(12-11)9-6-4-3-5-7-9/h9-10,12H,3-8H2,1-2H3. The topological polar surface area (TPSA) is 12.0 Å². The Morgan fingerprint density at radius 3 is 2.38 bits per heavy atom. The van der Waals surface area contributed by atoms with Crippen LogP contribution in [-0.2, 0) is 0 Å². The molecule has 0 spiro atoms. The molecule has 2 rings (SSSR count). The molecule has 1 saturated carbocycles. The number of hydrogen-bond acceptors (Lipinski definition) is 2. The fraction of sp³-hybridized carbons (Fsp3) is 1.00. The zero-order chi connectivity index (χ0) is 9.31. The van der Waals surface area contributed by atoms with E-state index in [1.807, 2.05) is 0 Å². The van der Waals surface area contributed by atoms with Crippen LogP contribution < -0.4 is 5.32 Å². The molecule has 0 aromatic carbocycles. The minimum Gasteiger partial charge on any atom is -0.299 e. The van der Waals surface area contributed by atoms with Gasteiger partial charge in [-0.05, 0) is 32.6 Å². The van der Waals surface area contributed by atoms with Crippen molar-refractivity contribution in [1.29, 1.82) is 0 Å². The Balaban J connectivity index is 1.87. The second-order valence-corrected chi connectivity index (χ2v) is 6.29. The summed E-state index contributed by atoms with van der Waals surface area (Å²) in [6.45, 7) is 4.64. The molecule has 0 amide bonds. The van der Waals surface area contributed by atoms with Crippen LogP contribution in [0, 0.1) is 5.92 Å². The van der Waals surface area contributed by atoms with Crippen LogP contribution in [0.15, 0.2) is 0 Å². The third-order valence-electron chi connectivity index (χ3n) is 3.23. The van der Waals surface area contributed by atoms with Crippen molar-refractivity contribution in [2.24, 2.45) is 5.92 Å². The van der Waals surface area contributed by atoms with Gasteiger partial charge >= 0.3 is 0 Å². The molecule has 1 aliphatic carbocycles. The summed E-state index contributed by atoms with van der Waals surface area (Å²) in [4.78, 5) is 0. The van der Waals surface area contributed by atoms with E-state index in [4.69, 9.17) is 0 Å². The molecule has 2 fully saturated rings. The Morgan fingerprint density at radius 2 is 1.85 bits per heavy atom. The van der Waals surface area contributed by atoms with Gasteiger partial charge in [-0.25, -0.2) is 0 Å². The predicted octanol–water partition coefficient (Wildman–Crippen LogP) is 3.01. The second kappa shape index (κ2) is 3.82. The third kappa shape index (κ3) is 2.41. The molecule has 1 saturated heterocycles. The monoisotopic (exact) mass is 199 g/mol. The highest BCUT2D eigenvalue weighted by Gasteiger charge is 2.35. The van der Waals surface area contributed by atoms with E-state index >= 15 is 0 Å². The lowest BCUT2D eigenvalue weighted by Gasteiger charge is -2.28. The summed E-state index contributed by atoms with van der Waals surface area (Å²) in [5.41, 5.74) is 0.382. The van der Waals surface area contributed by atoms with Crippen molar-refractivity contribution in [3.8, 4) is 0 Å². The lowest BCUT2D eigenvalue weighted by atomic mass is 9.88. The van der Waals surface area contributed by atoms with E-state index in [2.05, 4.69) is 30.9 Å². The number of hydrogen-bond donors (Lipinski definition) is 1. The Labute approximate surface area is 86.0 Å². The van der Waals surface area contributed by atoms with Crippen LogP contribution in [-0.4, -0.2) is 16.7 Å². The zero-order valence-corrected chi connectivity index (χ0v) is 9.62. The van der Waals surface area contributed by atoms with Gasteiger partial charge in [-0.15, -0.1) is 11.8 Å². The predicted molar refractivity (Wildman–Crippen MR) is 60.0 cm³/mol. The third-order valence-corrected chi connectivity index (χ3v) is 4.98. The zero-order valence-electron chi connectivity index (χ0n) is 8.81. The van der Waals surface area contributed by atoms with Crippen LogP contribution in [0.5, 0.6) is 0 Å². The maximum Gasteiger partial charge on any atom is 0.0565 e. The molecule has 1 unspecified atom stereocenters. The van der Waals surface area contributed by atoms with Crippen molar-refractivity contribution in [2.75, 3.05) is 5.75 Å². The van der Waals surface area contributed by atoms with Gasteiger partial charge in [-0.1, -0.05) is 19.3 Å². The van der Waals surface area contributed by atoms with E-state index in [1.54, 1.807) is 0 Å². The first-order valence-corrected chi connectivity index (χ1v) is 6.62. The minimum absolute atomic E-state index is 0.382. The maximum absolute atomic E-state index is 3.76. The normalized spacial score (nSPS) is 35.1. The van der Waals surface area contributed by atoms with Crippen LogP contribution >= 0.6 is 11.8 Å². The summed E-state index contributed by atoms with van der Waals surface area (Å²) in [7, 11) is 0. The van der Waals surface area contributed by atoms with Crippen LogP contribution in [0.3, 0.4) is 0 Å². The molecule has 0 aromatic heterocycles. The number of nitrogens with one attached hydrogen (secondary N) is 1. The maximum atomic E-state index is 3.76. The molecule has 1 N–H and O–H groups in total. The molecule has 1 aliphatic heterocycles. The smallest absolute Gasteiger partial charge is 0.0565 e. The molecule has 1 nitrogen and oxygen atoms in total. The fourth-order valence-electron chi connectivity index (χ4n) is 2.46. The molecular formula is C11H21NS. The van der Waals surface area contributed by atoms with Crippen LogP contribution in [0.4, 0.5) is 0 Å². The molecule has 0 radical (unpaired) electrons. The summed E-state index contributed by atoms with van der Waals surface area (Å²) in [6, 6.07) is 0. The quantitative estimate of drug-likeness (QED) is 0.697. The summed E-state index contributed by atoms with van der Waals surface area (Å²) in [6.07, 6.45) is 7.31. The summed E-state index contributed by atoms with van der Waals surface area (Å²) >= 11 is 2.14.